The summed E-state index contributed by atoms with van der Waals surface area (Å²) < 4.78 is 41.0. The highest BCUT2D eigenvalue weighted by Crippen LogP contribution is 2.38. The van der Waals surface area contributed by atoms with Gasteiger partial charge in [0.2, 0.25) is 15.9 Å². The molecule has 164 valence electrons. The van der Waals surface area contributed by atoms with Crippen LogP contribution in [0.25, 0.3) is 0 Å². The molecule has 29 heavy (non-hydrogen) atoms. The number of hydrogen-bond acceptors (Lipinski definition) is 6. The van der Waals surface area contributed by atoms with Gasteiger partial charge in [0.1, 0.15) is 6.17 Å². The lowest BCUT2D eigenvalue weighted by Crippen LogP contribution is -2.58. The summed E-state index contributed by atoms with van der Waals surface area (Å²) in [6, 6.07) is -0.244. The Hall–Kier alpha value is -0.520. The van der Waals surface area contributed by atoms with E-state index in [1.807, 2.05) is 9.91 Å². The van der Waals surface area contributed by atoms with Gasteiger partial charge in [-0.25, -0.2) is 23.2 Å². The molecule has 8 nitrogen and oxygen atoms in total. The van der Waals surface area contributed by atoms with Crippen LogP contribution in [0.1, 0.15) is 38.5 Å². The first-order chi connectivity index (χ1) is 13.8. The van der Waals surface area contributed by atoms with E-state index in [2.05, 4.69) is 15.5 Å². The molecule has 3 heterocycles. The summed E-state index contributed by atoms with van der Waals surface area (Å²) in [5.74, 6) is 0.202. The third-order valence-corrected chi connectivity index (χ3v) is 9.55. The van der Waals surface area contributed by atoms with Crippen LogP contribution in [-0.4, -0.2) is 85.0 Å². The molecule has 7 unspecified atom stereocenters. The number of alkyl halides is 2. The summed E-state index contributed by atoms with van der Waals surface area (Å²) in [5, 5.41) is 4.92. The molecule has 0 aromatic rings. The molecule has 5 aliphatic rings. The van der Waals surface area contributed by atoms with Gasteiger partial charge in [0.15, 0.2) is 0 Å². The molecular formula is C18H29ClFN5O3S. The lowest BCUT2D eigenvalue weighted by Gasteiger charge is -2.38. The predicted octanol–water partition coefficient (Wildman–Crippen LogP) is -0.0986. The summed E-state index contributed by atoms with van der Waals surface area (Å²) in [4.78, 5) is 15.0. The number of rotatable bonds is 4. The van der Waals surface area contributed by atoms with Crippen LogP contribution < -0.4 is 15.5 Å². The number of fused-ring (bicyclic) bond motifs is 2. The minimum absolute atomic E-state index is 0.0224. The van der Waals surface area contributed by atoms with E-state index >= 15 is 0 Å². The summed E-state index contributed by atoms with van der Waals surface area (Å²) in [5.41, 5.74) is 3.24. The van der Waals surface area contributed by atoms with Crippen molar-refractivity contribution in [3.05, 3.63) is 0 Å². The summed E-state index contributed by atoms with van der Waals surface area (Å²) in [6.07, 6.45) is 2.36. The Bertz CT molecular complexity index is 769. The summed E-state index contributed by atoms with van der Waals surface area (Å²) >= 11 is 6.36. The molecule has 0 bridgehead atoms. The number of hydrogen-bond donors (Lipinski definition) is 3. The molecule has 0 aromatic heterocycles. The van der Waals surface area contributed by atoms with Gasteiger partial charge in [0.25, 0.3) is 0 Å². The van der Waals surface area contributed by atoms with E-state index in [1.54, 1.807) is 0 Å². The van der Waals surface area contributed by atoms with Crippen molar-refractivity contribution in [3.63, 3.8) is 0 Å². The van der Waals surface area contributed by atoms with Crippen LogP contribution in [0.15, 0.2) is 0 Å². The number of hydrazine groups is 1. The van der Waals surface area contributed by atoms with Gasteiger partial charge in [-0.3, -0.25) is 4.79 Å². The molecule has 7 atom stereocenters. The molecule has 3 saturated heterocycles. The SMILES string of the molecule is O=C(C1CC2C(Cl)CC(F)CC2N1)N1CCN2NC(NS(=O)(=O)C3CC3)CC2C1. The van der Waals surface area contributed by atoms with E-state index in [0.29, 0.717) is 45.3 Å². The molecule has 3 N–H and O–H groups in total. The van der Waals surface area contributed by atoms with E-state index in [-0.39, 0.29) is 46.7 Å². The molecule has 5 rings (SSSR count). The third kappa shape index (κ3) is 4.04. The van der Waals surface area contributed by atoms with Crippen molar-refractivity contribution >= 4 is 27.5 Å². The van der Waals surface area contributed by atoms with Gasteiger partial charge in [-0.2, -0.15) is 4.72 Å². The lowest BCUT2D eigenvalue weighted by atomic mass is 9.83. The number of nitrogens with one attached hydrogen (secondary N) is 3. The minimum atomic E-state index is -3.25. The number of carbonyl (C=O) groups excluding carboxylic acids is 1. The second-order valence-electron chi connectivity index (χ2n) is 9.22. The standard InChI is InChI=1S/C18H29ClFN5O3S/c19-14-5-10(20)6-15-13(14)8-16(21-15)18(26)24-3-4-25-11(9-24)7-17(22-25)23-29(27,28)12-1-2-12/h10-17,21-23H,1-9H2. The van der Waals surface area contributed by atoms with Crippen molar-refractivity contribution in [2.75, 3.05) is 19.6 Å². The summed E-state index contributed by atoms with van der Waals surface area (Å²) in [6.45, 7) is 1.81. The molecule has 5 fully saturated rings. The number of nitrogens with zero attached hydrogens (tertiary/aromatic N) is 2. The molecule has 0 aromatic carbocycles. The lowest BCUT2D eigenvalue weighted by molar-refractivity contribution is -0.136. The maximum absolute atomic E-state index is 13.8. The zero-order valence-electron chi connectivity index (χ0n) is 16.3. The number of amides is 1. The highest BCUT2D eigenvalue weighted by Gasteiger charge is 2.48. The highest BCUT2D eigenvalue weighted by atomic mass is 35.5. The summed E-state index contributed by atoms with van der Waals surface area (Å²) in [7, 11) is -3.25. The van der Waals surface area contributed by atoms with E-state index in [1.165, 1.54) is 0 Å². The smallest absolute Gasteiger partial charge is 0.239 e. The maximum atomic E-state index is 13.8. The van der Waals surface area contributed by atoms with Crippen molar-refractivity contribution in [2.24, 2.45) is 5.92 Å². The highest BCUT2D eigenvalue weighted by molar-refractivity contribution is 7.90. The van der Waals surface area contributed by atoms with Gasteiger partial charge in [0.05, 0.1) is 17.5 Å². The van der Waals surface area contributed by atoms with Gasteiger partial charge in [-0.15, -0.1) is 11.6 Å². The Morgan fingerprint density at radius 2 is 1.93 bits per heavy atom. The molecule has 11 heteroatoms. The Morgan fingerprint density at radius 1 is 1.14 bits per heavy atom. The second kappa shape index (κ2) is 7.56. The quantitative estimate of drug-likeness (QED) is 0.519. The maximum Gasteiger partial charge on any atom is 0.239 e. The predicted molar refractivity (Wildman–Crippen MR) is 106 cm³/mol. The fourth-order valence-corrected chi connectivity index (χ4v) is 7.38. The van der Waals surface area contributed by atoms with Crippen molar-refractivity contribution in [1.82, 2.24) is 25.4 Å². The number of piperazine rings is 1. The zero-order chi connectivity index (χ0) is 20.3. The molecule has 2 aliphatic carbocycles. The Morgan fingerprint density at radius 3 is 2.69 bits per heavy atom. The van der Waals surface area contributed by atoms with E-state index in [4.69, 9.17) is 11.6 Å². The largest absolute Gasteiger partial charge is 0.338 e. The Balaban J connectivity index is 1.17. The first-order valence-corrected chi connectivity index (χ1v) is 12.7. The monoisotopic (exact) mass is 449 g/mol. The molecule has 3 aliphatic heterocycles. The van der Waals surface area contributed by atoms with E-state index in [0.717, 1.165) is 12.8 Å². The van der Waals surface area contributed by atoms with E-state index < -0.39 is 16.2 Å². The van der Waals surface area contributed by atoms with Crippen molar-refractivity contribution in [3.8, 4) is 0 Å². The van der Waals surface area contributed by atoms with E-state index in [9.17, 15) is 17.6 Å². The molecule has 0 spiro atoms. The normalized spacial score (nSPS) is 43.2. The minimum Gasteiger partial charge on any atom is -0.338 e. The first kappa shape index (κ1) is 20.4. The molecule has 1 amide bonds. The van der Waals surface area contributed by atoms with Crippen LogP contribution in [0.4, 0.5) is 4.39 Å². The second-order valence-corrected chi connectivity index (χ2v) is 11.8. The van der Waals surface area contributed by atoms with Gasteiger partial charge in [-0.1, -0.05) is 0 Å². The van der Waals surface area contributed by atoms with Crippen molar-refractivity contribution in [1.29, 1.82) is 0 Å². The van der Waals surface area contributed by atoms with Gasteiger partial charge >= 0.3 is 0 Å². The van der Waals surface area contributed by atoms with Crippen molar-refractivity contribution < 1.29 is 17.6 Å². The fraction of sp³-hybridized carbons (Fsp3) is 0.944. The Kier molecular flexibility index (Phi) is 5.32. The Labute approximate surface area is 175 Å². The zero-order valence-corrected chi connectivity index (χ0v) is 17.8. The van der Waals surface area contributed by atoms with Gasteiger partial charge in [0, 0.05) is 37.1 Å². The average Bonchev–Trinajstić information content (AvgIpc) is 3.32. The average molecular weight is 450 g/mol. The fourth-order valence-electron chi connectivity index (χ4n) is 5.41. The first-order valence-electron chi connectivity index (χ1n) is 10.7. The topological polar surface area (TPSA) is 93.8 Å². The number of sulfonamides is 1. The third-order valence-electron chi connectivity index (χ3n) is 7.09. The molecule has 2 saturated carbocycles. The van der Waals surface area contributed by atoms with Crippen LogP contribution in [-0.2, 0) is 14.8 Å². The molecule has 0 radical (unpaired) electrons. The van der Waals surface area contributed by atoms with Crippen molar-refractivity contribution in [2.45, 2.75) is 79.6 Å². The van der Waals surface area contributed by atoms with Gasteiger partial charge in [-0.05, 0) is 44.4 Å². The van der Waals surface area contributed by atoms with Crippen LogP contribution >= 0.6 is 11.6 Å². The van der Waals surface area contributed by atoms with Crippen LogP contribution in [0, 0.1) is 5.92 Å². The van der Waals surface area contributed by atoms with Crippen LogP contribution in [0.3, 0.4) is 0 Å². The molecular weight excluding hydrogens is 421 g/mol. The number of halogens is 2. The van der Waals surface area contributed by atoms with Gasteiger partial charge < -0.3 is 10.2 Å². The van der Waals surface area contributed by atoms with Crippen LogP contribution in [0.2, 0.25) is 0 Å². The van der Waals surface area contributed by atoms with Crippen LogP contribution in [0.5, 0.6) is 0 Å². The number of carbonyl (C=O) groups is 1.